The summed E-state index contributed by atoms with van der Waals surface area (Å²) in [7, 11) is 0. The number of benzene rings is 2. The third-order valence-electron chi connectivity index (χ3n) is 3.12. The van der Waals surface area contributed by atoms with Crippen LogP contribution in [-0.4, -0.2) is 4.98 Å². The fourth-order valence-electron chi connectivity index (χ4n) is 2.04. The normalized spacial score (nSPS) is 10.1. The van der Waals surface area contributed by atoms with E-state index in [9.17, 15) is 0 Å². The van der Waals surface area contributed by atoms with Gasteiger partial charge in [-0.05, 0) is 36.4 Å². The second-order valence-corrected chi connectivity index (χ2v) is 6.92. The van der Waals surface area contributed by atoms with Gasteiger partial charge < -0.3 is 0 Å². The Bertz CT molecular complexity index is 646. The molecule has 0 aliphatic heterocycles. The van der Waals surface area contributed by atoms with Gasteiger partial charge in [0.05, 0.1) is 11.4 Å². The van der Waals surface area contributed by atoms with Gasteiger partial charge in [0.15, 0.2) is 0 Å². The molecule has 3 rings (SSSR count). The number of pyridine rings is 1. The first-order valence-electron chi connectivity index (χ1n) is 7.21. The van der Waals surface area contributed by atoms with E-state index in [2.05, 4.69) is 66.7 Å². The zero-order chi connectivity index (χ0) is 15.0. The summed E-state index contributed by atoms with van der Waals surface area (Å²) in [6, 6.07) is 27.2. The average molecular weight is 425 g/mol. The van der Waals surface area contributed by atoms with Crippen LogP contribution in [0.25, 0.3) is 0 Å². The summed E-state index contributed by atoms with van der Waals surface area (Å²) >= 11 is 3.65. The summed E-state index contributed by atoms with van der Waals surface area (Å²) in [5.41, 5.74) is 2.28. The zero-order valence-corrected chi connectivity index (χ0v) is 15.9. The Morgan fingerprint density at radius 2 is 1.00 bits per heavy atom. The quantitative estimate of drug-likeness (QED) is 0.374. The monoisotopic (exact) mass is 425 g/mol. The molecular weight excluding hydrogens is 407 g/mol. The zero-order valence-electron chi connectivity index (χ0n) is 12.5. The van der Waals surface area contributed by atoms with Crippen LogP contribution < -0.4 is 0 Å². The summed E-state index contributed by atoms with van der Waals surface area (Å²) in [5, 5.41) is 0. The first-order chi connectivity index (χ1) is 10.9. The number of nitrogens with zero attached hydrogens (tertiary/aromatic N) is 1. The summed E-state index contributed by atoms with van der Waals surface area (Å²) in [5.74, 6) is 1.82. The van der Waals surface area contributed by atoms with Crippen LogP contribution in [0.3, 0.4) is 0 Å². The Balaban J connectivity index is 0.00000192. The van der Waals surface area contributed by atoms with E-state index in [1.54, 1.807) is 0 Å². The molecule has 0 spiro atoms. The van der Waals surface area contributed by atoms with Gasteiger partial charge in [-0.1, -0.05) is 42.5 Å². The predicted molar refractivity (Wildman–Crippen MR) is 96.2 cm³/mol. The van der Waals surface area contributed by atoms with E-state index in [0.717, 1.165) is 22.9 Å². The molecule has 1 nitrogen and oxygen atoms in total. The first kappa shape index (κ1) is 18.3. The van der Waals surface area contributed by atoms with Crippen molar-refractivity contribution in [1.29, 1.82) is 0 Å². The van der Waals surface area contributed by atoms with E-state index in [4.69, 9.17) is 4.98 Å². The molecule has 23 heavy (non-hydrogen) atoms. The summed E-state index contributed by atoms with van der Waals surface area (Å²) in [4.78, 5) is 7.33. The van der Waals surface area contributed by atoms with Gasteiger partial charge in [-0.3, -0.25) is 4.98 Å². The van der Waals surface area contributed by atoms with Crippen molar-refractivity contribution >= 4 is 23.5 Å². The Labute approximate surface area is 159 Å². The number of rotatable bonds is 6. The second-order valence-electron chi connectivity index (χ2n) is 4.82. The van der Waals surface area contributed by atoms with Crippen LogP contribution >= 0.6 is 23.5 Å². The Morgan fingerprint density at radius 1 is 0.565 bits per heavy atom. The third-order valence-corrected chi connectivity index (χ3v) is 5.22. The van der Waals surface area contributed by atoms with Gasteiger partial charge in [0.2, 0.25) is 0 Å². The molecule has 0 atom stereocenters. The van der Waals surface area contributed by atoms with Crippen molar-refractivity contribution in [2.75, 3.05) is 0 Å². The molecule has 0 bridgehead atoms. The molecule has 0 N–H and O–H groups in total. The fraction of sp³-hybridized carbons (Fsp3) is 0.105. The molecular formula is C19H17NRuS2. The van der Waals surface area contributed by atoms with Crippen molar-refractivity contribution in [3.05, 3.63) is 90.3 Å². The van der Waals surface area contributed by atoms with Crippen molar-refractivity contribution in [1.82, 2.24) is 4.98 Å². The molecule has 0 amide bonds. The Morgan fingerprint density at radius 3 is 1.43 bits per heavy atom. The van der Waals surface area contributed by atoms with Crippen molar-refractivity contribution in [2.24, 2.45) is 0 Å². The van der Waals surface area contributed by atoms with Crippen LogP contribution in [0.1, 0.15) is 11.4 Å². The molecule has 0 radical (unpaired) electrons. The number of thioether (sulfide) groups is 2. The SMILES string of the molecule is [Ru].c1ccc(SCc2cccc(CSc3ccccc3)n2)cc1. The largest absolute Gasteiger partial charge is 0.256 e. The van der Waals surface area contributed by atoms with Crippen molar-refractivity contribution in [3.8, 4) is 0 Å². The average Bonchev–Trinajstić information content (AvgIpc) is 2.60. The van der Waals surface area contributed by atoms with Crippen LogP contribution in [0, 0.1) is 0 Å². The topological polar surface area (TPSA) is 12.9 Å². The van der Waals surface area contributed by atoms with Crippen LogP contribution in [0.5, 0.6) is 0 Å². The summed E-state index contributed by atoms with van der Waals surface area (Å²) in [6.07, 6.45) is 0. The van der Waals surface area contributed by atoms with E-state index < -0.39 is 0 Å². The van der Waals surface area contributed by atoms with E-state index >= 15 is 0 Å². The molecule has 0 aliphatic carbocycles. The Hall–Kier alpha value is -1.09. The van der Waals surface area contributed by atoms with E-state index in [0.29, 0.717) is 0 Å². The smallest absolute Gasteiger partial charge is 0.0509 e. The van der Waals surface area contributed by atoms with Gasteiger partial charge in [0.1, 0.15) is 0 Å². The van der Waals surface area contributed by atoms with Gasteiger partial charge in [0.25, 0.3) is 0 Å². The van der Waals surface area contributed by atoms with Gasteiger partial charge in [-0.25, -0.2) is 0 Å². The fourth-order valence-corrected chi connectivity index (χ4v) is 3.69. The van der Waals surface area contributed by atoms with Crippen molar-refractivity contribution in [3.63, 3.8) is 0 Å². The van der Waals surface area contributed by atoms with Crippen LogP contribution in [0.15, 0.2) is 88.7 Å². The van der Waals surface area contributed by atoms with Crippen LogP contribution in [0.4, 0.5) is 0 Å². The van der Waals surface area contributed by atoms with Gasteiger partial charge in [-0.2, -0.15) is 0 Å². The number of hydrogen-bond acceptors (Lipinski definition) is 3. The van der Waals surface area contributed by atoms with Crippen LogP contribution in [0.2, 0.25) is 0 Å². The number of hydrogen-bond donors (Lipinski definition) is 0. The maximum Gasteiger partial charge on any atom is 0.0509 e. The van der Waals surface area contributed by atoms with Crippen molar-refractivity contribution < 1.29 is 19.5 Å². The molecule has 0 aliphatic rings. The molecule has 4 heteroatoms. The maximum absolute atomic E-state index is 4.76. The molecule has 1 heterocycles. The number of aromatic nitrogens is 1. The Kier molecular flexibility index (Phi) is 7.87. The molecule has 118 valence electrons. The molecule has 0 saturated heterocycles. The van der Waals surface area contributed by atoms with E-state index in [1.165, 1.54) is 9.79 Å². The molecule has 1 aromatic heterocycles. The van der Waals surface area contributed by atoms with Crippen molar-refractivity contribution in [2.45, 2.75) is 21.3 Å². The minimum absolute atomic E-state index is 0. The predicted octanol–water partition coefficient (Wildman–Crippen LogP) is 5.66. The molecule has 0 fully saturated rings. The van der Waals surface area contributed by atoms with Crippen LogP contribution in [-0.2, 0) is 31.0 Å². The van der Waals surface area contributed by atoms with E-state index in [1.807, 2.05) is 35.7 Å². The third kappa shape index (κ3) is 6.14. The minimum Gasteiger partial charge on any atom is -0.256 e. The molecule has 0 saturated carbocycles. The van der Waals surface area contributed by atoms with Gasteiger partial charge in [0, 0.05) is 40.8 Å². The minimum atomic E-state index is 0. The molecule has 0 unspecified atom stereocenters. The molecule has 3 aromatic rings. The standard InChI is InChI=1S/C19H17NS2.Ru/c1-3-10-18(11-4-1)21-14-16-8-7-9-17(20-16)15-22-19-12-5-2-6-13-19;/h1-13H,14-15H2;. The summed E-state index contributed by atoms with van der Waals surface area (Å²) in [6.45, 7) is 0. The van der Waals surface area contributed by atoms with E-state index in [-0.39, 0.29) is 19.5 Å². The second kappa shape index (κ2) is 9.92. The maximum atomic E-state index is 4.76. The first-order valence-corrected chi connectivity index (χ1v) is 9.18. The molecule has 2 aromatic carbocycles. The summed E-state index contributed by atoms with van der Waals surface area (Å²) < 4.78 is 0. The van der Waals surface area contributed by atoms with Gasteiger partial charge >= 0.3 is 0 Å². The van der Waals surface area contributed by atoms with Gasteiger partial charge in [-0.15, -0.1) is 23.5 Å².